The number of nitrogens with zero attached hydrogens (tertiary/aromatic N) is 3. The maximum Gasteiger partial charge on any atom is 0.254 e. The van der Waals surface area contributed by atoms with Crippen LogP contribution in [0.25, 0.3) is 5.69 Å². The highest BCUT2D eigenvalue weighted by atomic mass is 16.1. The third-order valence-electron chi connectivity index (χ3n) is 6.34. The van der Waals surface area contributed by atoms with Gasteiger partial charge >= 0.3 is 0 Å². The third kappa shape index (κ3) is 4.38. The molecular weight excluding hydrogens is 362 g/mol. The van der Waals surface area contributed by atoms with Crippen molar-refractivity contribution in [3.8, 4) is 5.69 Å². The van der Waals surface area contributed by atoms with Gasteiger partial charge in [-0.1, -0.05) is 18.2 Å². The standard InChI is InChI=1S/C23H33N5O/c1-17-6-5-7-18(2)21(17)28-22(19-8-10-24-11-9-19)20(16-26-28)23(29)25-12-15-27-13-3-4-14-27/h5-7,16,19,24H,3-4,8-15H2,1-2H3,(H,25,29). The van der Waals surface area contributed by atoms with E-state index in [0.717, 1.165) is 62.5 Å². The molecule has 2 N–H and O–H groups in total. The van der Waals surface area contributed by atoms with Gasteiger partial charge in [-0.25, -0.2) is 4.68 Å². The number of likely N-dealkylation sites (tertiary alicyclic amines) is 1. The Morgan fingerprint density at radius 1 is 1.17 bits per heavy atom. The van der Waals surface area contributed by atoms with Crippen LogP contribution in [0.2, 0.25) is 0 Å². The number of piperidine rings is 1. The summed E-state index contributed by atoms with van der Waals surface area (Å²) in [7, 11) is 0. The number of para-hydroxylation sites is 1. The monoisotopic (exact) mass is 395 g/mol. The van der Waals surface area contributed by atoms with E-state index >= 15 is 0 Å². The summed E-state index contributed by atoms with van der Waals surface area (Å²) in [4.78, 5) is 15.5. The quantitative estimate of drug-likeness (QED) is 0.790. The maximum atomic E-state index is 13.1. The Hall–Kier alpha value is -2.18. The predicted molar refractivity (Wildman–Crippen MR) is 116 cm³/mol. The van der Waals surface area contributed by atoms with E-state index in [1.807, 2.05) is 4.68 Å². The van der Waals surface area contributed by atoms with Gasteiger partial charge in [0.05, 0.1) is 23.1 Å². The van der Waals surface area contributed by atoms with Crippen LogP contribution >= 0.6 is 0 Å². The fourth-order valence-corrected chi connectivity index (χ4v) is 4.77. The fraction of sp³-hybridized carbons (Fsp3) is 0.565. The molecule has 6 nitrogen and oxygen atoms in total. The van der Waals surface area contributed by atoms with E-state index in [9.17, 15) is 4.79 Å². The van der Waals surface area contributed by atoms with Crippen LogP contribution in [-0.4, -0.2) is 59.9 Å². The maximum absolute atomic E-state index is 13.1. The number of hydrogen-bond donors (Lipinski definition) is 2. The Morgan fingerprint density at radius 2 is 1.86 bits per heavy atom. The van der Waals surface area contributed by atoms with Crippen molar-refractivity contribution >= 4 is 5.91 Å². The van der Waals surface area contributed by atoms with E-state index in [-0.39, 0.29) is 5.91 Å². The minimum absolute atomic E-state index is 0.00946. The summed E-state index contributed by atoms with van der Waals surface area (Å²) in [6, 6.07) is 6.31. The van der Waals surface area contributed by atoms with Crippen LogP contribution in [0, 0.1) is 13.8 Å². The zero-order valence-electron chi connectivity index (χ0n) is 17.7. The second kappa shape index (κ2) is 9.09. The van der Waals surface area contributed by atoms with Crippen LogP contribution in [-0.2, 0) is 0 Å². The fourth-order valence-electron chi connectivity index (χ4n) is 4.77. The average Bonchev–Trinajstić information content (AvgIpc) is 3.39. The molecule has 2 fully saturated rings. The molecule has 1 amide bonds. The third-order valence-corrected chi connectivity index (χ3v) is 6.34. The largest absolute Gasteiger partial charge is 0.351 e. The second-order valence-electron chi connectivity index (χ2n) is 8.42. The number of carbonyl (C=O) groups excluding carboxylic acids is 1. The Morgan fingerprint density at radius 3 is 2.55 bits per heavy atom. The highest BCUT2D eigenvalue weighted by molar-refractivity contribution is 5.95. The molecule has 0 spiro atoms. The molecule has 2 saturated heterocycles. The first kappa shape index (κ1) is 20.1. The minimum Gasteiger partial charge on any atom is -0.351 e. The van der Waals surface area contributed by atoms with Crippen molar-refractivity contribution in [3.05, 3.63) is 46.8 Å². The van der Waals surface area contributed by atoms with Crippen molar-refractivity contribution in [1.82, 2.24) is 25.3 Å². The number of aryl methyl sites for hydroxylation is 2. The van der Waals surface area contributed by atoms with Gasteiger partial charge in [-0.05, 0) is 76.8 Å². The normalized spacial score (nSPS) is 18.3. The molecule has 0 saturated carbocycles. The van der Waals surface area contributed by atoms with Crippen molar-refractivity contribution < 1.29 is 4.79 Å². The summed E-state index contributed by atoms with van der Waals surface area (Å²) in [5, 5.41) is 11.3. The first-order valence-corrected chi connectivity index (χ1v) is 11.0. The Balaban J connectivity index is 1.61. The van der Waals surface area contributed by atoms with E-state index < -0.39 is 0 Å². The second-order valence-corrected chi connectivity index (χ2v) is 8.42. The molecule has 0 radical (unpaired) electrons. The summed E-state index contributed by atoms with van der Waals surface area (Å²) in [5.74, 6) is 0.354. The Kier molecular flexibility index (Phi) is 6.31. The van der Waals surface area contributed by atoms with Crippen molar-refractivity contribution in [2.75, 3.05) is 39.3 Å². The van der Waals surface area contributed by atoms with Crippen LogP contribution in [0.5, 0.6) is 0 Å². The van der Waals surface area contributed by atoms with Crippen molar-refractivity contribution in [2.45, 2.75) is 45.4 Å². The smallest absolute Gasteiger partial charge is 0.254 e. The summed E-state index contributed by atoms with van der Waals surface area (Å²) < 4.78 is 2.04. The van der Waals surface area contributed by atoms with Crippen LogP contribution < -0.4 is 10.6 Å². The Labute approximate surface area is 173 Å². The van der Waals surface area contributed by atoms with E-state index in [1.165, 1.54) is 24.0 Å². The SMILES string of the molecule is Cc1cccc(C)c1-n1ncc(C(=O)NCCN2CCCC2)c1C1CCNCC1. The first-order chi connectivity index (χ1) is 14.1. The number of amides is 1. The van der Waals surface area contributed by atoms with Gasteiger partial charge in [0.25, 0.3) is 5.91 Å². The summed E-state index contributed by atoms with van der Waals surface area (Å²) in [6.45, 7) is 10.1. The lowest BCUT2D eigenvalue weighted by Gasteiger charge is -2.25. The number of rotatable bonds is 6. The van der Waals surface area contributed by atoms with E-state index in [4.69, 9.17) is 5.10 Å². The van der Waals surface area contributed by atoms with Gasteiger partial charge in [-0.2, -0.15) is 5.10 Å². The van der Waals surface area contributed by atoms with Crippen molar-refractivity contribution in [3.63, 3.8) is 0 Å². The molecule has 0 unspecified atom stereocenters. The number of nitrogens with one attached hydrogen (secondary N) is 2. The van der Waals surface area contributed by atoms with Crippen molar-refractivity contribution in [1.29, 1.82) is 0 Å². The molecule has 6 heteroatoms. The molecule has 4 rings (SSSR count). The van der Waals surface area contributed by atoms with Crippen LogP contribution in [0.1, 0.15) is 58.8 Å². The van der Waals surface area contributed by atoms with Gasteiger partial charge in [-0.15, -0.1) is 0 Å². The molecule has 2 aromatic rings. The van der Waals surface area contributed by atoms with E-state index in [0.29, 0.717) is 12.5 Å². The minimum atomic E-state index is 0.00946. The molecule has 0 atom stereocenters. The molecule has 3 heterocycles. The predicted octanol–water partition coefficient (Wildman–Crippen LogP) is 2.78. The molecule has 2 aliphatic heterocycles. The number of hydrogen-bond acceptors (Lipinski definition) is 4. The highest BCUT2D eigenvalue weighted by Gasteiger charge is 2.28. The van der Waals surface area contributed by atoms with E-state index in [1.54, 1.807) is 6.20 Å². The lowest BCUT2D eigenvalue weighted by molar-refractivity contribution is 0.0948. The number of carbonyl (C=O) groups is 1. The molecule has 1 aromatic heterocycles. The topological polar surface area (TPSA) is 62.2 Å². The van der Waals surface area contributed by atoms with Gasteiger partial charge in [0.1, 0.15) is 0 Å². The van der Waals surface area contributed by atoms with Gasteiger partial charge in [0, 0.05) is 19.0 Å². The van der Waals surface area contributed by atoms with Gasteiger partial charge in [-0.3, -0.25) is 4.79 Å². The molecular formula is C23H33N5O. The first-order valence-electron chi connectivity index (χ1n) is 11.0. The zero-order chi connectivity index (χ0) is 20.2. The van der Waals surface area contributed by atoms with E-state index in [2.05, 4.69) is 47.6 Å². The van der Waals surface area contributed by atoms with Gasteiger partial charge in [0.2, 0.25) is 0 Å². The molecule has 29 heavy (non-hydrogen) atoms. The molecule has 1 aromatic carbocycles. The zero-order valence-corrected chi connectivity index (χ0v) is 17.7. The average molecular weight is 396 g/mol. The van der Waals surface area contributed by atoms with Gasteiger partial charge < -0.3 is 15.5 Å². The summed E-state index contributed by atoms with van der Waals surface area (Å²) in [5.41, 5.74) is 5.29. The van der Waals surface area contributed by atoms with Gasteiger partial charge in [0.15, 0.2) is 0 Å². The molecule has 156 valence electrons. The summed E-state index contributed by atoms with van der Waals surface area (Å²) >= 11 is 0. The van der Waals surface area contributed by atoms with Crippen molar-refractivity contribution in [2.24, 2.45) is 0 Å². The number of aromatic nitrogens is 2. The van der Waals surface area contributed by atoms with Crippen LogP contribution in [0.15, 0.2) is 24.4 Å². The molecule has 2 aliphatic rings. The van der Waals surface area contributed by atoms with Crippen LogP contribution in [0.4, 0.5) is 0 Å². The lowest BCUT2D eigenvalue weighted by Crippen LogP contribution is -2.34. The highest BCUT2D eigenvalue weighted by Crippen LogP contribution is 2.32. The summed E-state index contributed by atoms with van der Waals surface area (Å²) in [6.07, 6.45) is 6.39. The molecule has 0 bridgehead atoms. The van der Waals surface area contributed by atoms with Crippen LogP contribution in [0.3, 0.4) is 0 Å². The lowest BCUT2D eigenvalue weighted by atomic mass is 9.91. The Bertz CT molecular complexity index is 827. The molecule has 0 aliphatic carbocycles. The number of benzene rings is 1.